The van der Waals surface area contributed by atoms with Crippen LogP contribution in [0.15, 0.2) is 47.5 Å². The van der Waals surface area contributed by atoms with E-state index in [1.165, 1.54) is 0 Å². The highest BCUT2D eigenvalue weighted by atomic mass is 16.5. The molecule has 0 bridgehead atoms. The number of aryl methyl sites for hydroxylation is 1. The maximum absolute atomic E-state index is 13.3. The van der Waals surface area contributed by atoms with E-state index in [4.69, 9.17) is 9.72 Å². The number of benzene rings is 1. The van der Waals surface area contributed by atoms with E-state index in [1.54, 1.807) is 4.57 Å². The molecule has 2 aliphatic heterocycles. The first kappa shape index (κ1) is 23.2. The number of imidazole rings is 1. The monoisotopic (exact) mass is 486 g/mol. The minimum absolute atomic E-state index is 0.00994. The lowest BCUT2D eigenvalue weighted by Gasteiger charge is -2.35. The molecule has 188 valence electrons. The summed E-state index contributed by atoms with van der Waals surface area (Å²) in [6.45, 7) is 3.40. The van der Waals surface area contributed by atoms with Crippen molar-refractivity contribution < 1.29 is 4.74 Å². The van der Waals surface area contributed by atoms with Gasteiger partial charge in [-0.15, -0.1) is 0 Å². The number of aromatic nitrogens is 4. The van der Waals surface area contributed by atoms with Gasteiger partial charge in [-0.3, -0.25) is 14.1 Å². The lowest BCUT2D eigenvalue weighted by atomic mass is 10.0. The standard InChI is InChI=1S/C28H34N6O2/c1-31(2)21-10-12-33(13-11-21)26-9-7-20(16-30-26)19-6-8-24-23(15-19)27-25(17-29-24)32(3)28(35)34(27)22-5-4-14-36-18-22/h6-9,15-17,21-22H,4-5,10-14,18H2,1-3H3/t22-/m0/s1. The fourth-order valence-electron chi connectivity index (χ4n) is 5.83. The average molecular weight is 487 g/mol. The predicted octanol–water partition coefficient (Wildman–Crippen LogP) is 3.83. The molecule has 8 nitrogen and oxygen atoms in total. The summed E-state index contributed by atoms with van der Waals surface area (Å²) in [6.07, 6.45) is 8.01. The summed E-state index contributed by atoms with van der Waals surface area (Å²) >= 11 is 0. The Morgan fingerprint density at radius 2 is 1.81 bits per heavy atom. The van der Waals surface area contributed by atoms with Crippen molar-refractivity contribution in [2.75, 3.05) is 45.3 Å². The summed E-state index contributed by atoms with van der Waals surface area (Å²) in [6, 6.07) is 11.3. The third kappa shape index (κ3) is 3.98. The highest BCUT2D eigenvalue weighted by Crippen LogP contribution is 2.32. The fraction of sp³-hybridized carbons (Fsp3) is 0.464. The minimum atomic E-state index is -0.00994. The Labute approximate surface area is 211 Å². The SMILES string of the molecule is CN(C)C1CCN(c2ccc(-c3ccc4ncc5c(c4c3)n([C@H]3CCCOC3)c(=O)n5C)cn2)CC1. The molecule has 2 fully saturated rings. The van der Waals surface area contributed by atoms with Gasteiger partial charge in [-0.1, -0.05) is 6.07 Å². The molecule has 5 heterocycles. The van der Waals surface area contributed by atoms with Gasteiger partial charge in [0.25, 0.3) is 0 Å². The second-order valence-corrected chi connectivity index (χ2v) is 10.4. The molecule has 0 radical (unpaired) electrons. The predicted molar refractivity (Wildman–Crippen MR) is 144 cm³/mol. The summed E-state index contributed by atoms with van der Waals surface area (Å²) in [7, 11) is 6.15. The number of anilines is 1. The van der Waals surface area contributed by atoms with E-state index in [1.807, 2.05) is 30.1 Å². The number of piperidine rings is 1. The van der Waals surface area contributed by atoms with Crippen LogP contribution in [0.4, 0.5) is 5.82 Å². The molecule has 0 N–H and O–H groups in total. The van der Waals surface area contributed by atoms with Crippen LogP contribution in [0.2, 0.25) is 0 Å². The van der Waals surface area contributed by atoms with Crippen LogP contribution < -0.4 is 10.6 Å². The molecule has 0 spiro atoms. The molecule has 0 saturated carbocycles. The van der Waals surface area contributed by atoms with Crippen LogP contribution in [0, 0.1) is 0 Å². The molecule has 0 unspecified atom stereocenters. The molecule has 0 aliphatic carbocycles. The van der Waals surface area contributed by atoms with E-state index in [9.17, 15) is 4.79 Å². The van der Waals surface area contributed by atoms with Crippen LogP contribution in [0.5, 0.6) is 0 Å². The minimum Gasteiger partial charge on any atom is -0.379 e. The molecule has 36 heavy (non-hydrogen) atoms. The van der Waals surface area contributed by atoms with E-state index < -0.39 is 0 Å². The van der Waals surface area contributed by atoms with Gasteiger partial charge in [0, 0.05) is 49.9 Å². The second kappa shape index (κ2) is 9.33. The zero-order chi connectivity index (χ0) is 24.8. The number of rotatable bonds is 4. The smallest absolute Gasteiger partial charge is 0.329 e. The van der Waals surface area contributed by atoms with E-state index >= 15 is 0 Å². The molecule has 6 rings (SSSR count). The lowest BCUT2D eigenvalue weighted by Crippen LogP contribution is -2.42. The Kier molecular flexibility index (Phi) is 6.01. The number of fused-ring (bicyclic) bond motifs is 3. The van der Waals surface area contributed by atoms with Gasteiger partial charge in [0.2, 0.25) is 0 Å². The molecule has 3 aromatic heterocycles. The van der Waals surface area contributed by atoms with E-state index in [0.717, 1.165) is 84.3 Å². The van der Waals surface area contributed by atoms with Crippen molar-refractivity contribution in [2.24, 2.45) is 7.05 Å². The van der Waals surface area contributed by atoms with Crippen molar-refractivity contribution >= 4 is 27.8 Å². The van der Waals surface area contributed by atoms with Crippen LogP contribution in [0.25, 0.3) is 33.1 Å². The van der Waals surface area contributed by atoms with E-state index in [0.29, 0.717) is 12.6 Å². The van der Waals surface area contributed by atoms with Crippen molar-refractivity contribution in [1.82, 2.24) is 24.0 Å². The van der Waals surface area contributed by atoms with Gasteiger partial charge in [-0.05, 0) is 69.6 Å². The van der Waals surface area contributed by atoms with Crippen LogP contribution in [-0.2, 0) is 11.8 Å². The molecule has 2 aliphatic rings. The molecular weight excluding hydrogens is 452 g/mol. The number of nitrogens with zero attached hydrogens (tertiary/aromatic N) is 6. The van der Waals surface area contributed by atoms with Crippen LogP contribution in [0.3, 0.4) is 0 Å². The third-order valence-electron chi connectivity index (χ3n) is 8.02. The number of pyridine rings is 2. The van der Waals surface area contributed by atoms with Crippen LogP contribution >= 0.6 is 0 Å². The molecule has 0 amide bonds. The molecule has 4 aromatic rings. The summed E-state index contributed by atoms with van der Waals surface area (Å²) in [5.41, 5.74) is 4.81. The van der Waals surface area contributed by atoms with Gasteiger partial charge < -0.3 is 14.5 Å². The summed E-state index contributed by atoms with van der Waals surface area (Å²) in [5, 5.41) is 0.989. The maximum atomic E-state index is 13.3. The van der Waals surface area contributed by atoms with Crippen LogP contribution in [-0.4, -0.2) is 70.4 Å². The first-order valence-corrected chi connectivity index (χ1v) is 13.0. The van der Waals surface area contributed by atoms with Crippen molar-refractivity contribution in [2.45, 2.75) is 37.8 Å². The first-order chi connectivity index (χ1) is 17.5. The van der Waals surface area contributed by atoms with Crippen molar-refractivity contribution in [1.29, 1.82) is 0 Å². The quantitative estimate of drug-likeness (QED) is 0.437. The Balaban J connectivity index is 1.36. The summed E-state index contributed by atoms with van der Waals surface area (Å²) in [5.74, 6) is 1.04. The topological polar surface area (TPSA) is 68.4 Å². The zero-order valence-corrected chi connectivity index (χ0v) is 21.4. The normalized spacial score (nSPS) is 19.6. The Morgan fingerprint density at radius 1 is 1.00 bits per heavy atom. The molecule has 1 aromatic carbocycles. The molecule has 1 atom stereocenters. The van der Waals surface area contributed by atoms with Gasteiger partial charge >= 0.3 is 5.69 Å². The average Bonchev–Trinajstić information content (AvgIpc) is 3.19. The fourth-order valence-corrected chi connectivity index (χ4v) is 5.83. The zero-order valence-electron chi connectivity index (χ0n) is 21.4. The maximum Gasteiger partial charge on any atom is 0.329 e. The summed E-state index contributed by atoms with van der Waals surface area (Å²) < 4.78 is 9.37. The summed E-state index contributed by atoms with van der Waals surface area (Å²) in [4.78, 5) is 27.5. The van der Waals surface area contributed by atoms with Gasteiger partial charge in [-0.25, -0.2) is 9.78 Å². The number of hydrogen-bond donors (Lipinski definition) is 0. The Morgan fingerprint density at radius 3 is 2.50 bits per heavy atom. The van der Waals surface area contributed by atoms with Crippen molar-refractivity contribution in [3.8, 4) is 11.1 Å². The Hall–Kier alpha value is -3.23. The van der Waals surface area contributed by atoms with Crippen molar-refractivity contribution in [3.05, 3.63) is 53.2 Å². The van der Waals surface area contributed by atoms with Gasteiger partial charge in [0.15, 0.2) is 0 Å². The second-order valence-electron chi connectivity index (χ2n) is 10.4. The number of hydrogen-bond acceptors (Lipinski definition) is 6. The molecule has 2 saturated heterocycles. The highest BCUT2D eigenvalue weighted by Gasteiger charge is 2.24. The van der Waals surface area contributed by atoms with E-state index in [2.05, 4.69) is 53.1 Å². The first-order valence-electron chi connectivity index (χ1n) is 13.0. The number of ether oxygens (including phenoxy) is 1. The third-order valence-corrected chi connectivity index (χ3v) is 8.02. The van der Waals surface area contributed by atoms with Gasteiger partial charge in [0.05, 0.1) is 35.4 Å². The van der Waals surface area contributed by atoms with Gasteiger partial charge in [-0.2, -0.15) is 0 Å². The Bertz CT molecular complexity index is 1440. The molecular formula is C28H34N6O2. The van der Waals surface area contributed by atoms with E-state index in [-0.39, 0.29) is 11.7 Å². The van der Waals surface area contributed by atoms with Gasteiger partial charge in [0.1, 0.15) is 5.82 Å². The largest absolute Gasteiger partial charge is 0.379 e. The van der Waals surface area contributed by atoms with Crippen LogP contribution in [0.1, 0.15) is 31.7 Å². The lowest BCUT2D eigenvalue weighted by molar-refractivity contribution is 0.0593. The van der Waals surface area contributed by atoms with Crippen molar-refractivity contribution in [3.63, 3.8) is 0 Å². The molecule has 8 heteroatoms. The highest BCUT2D eigenvalue weighted by molar-refractivity contribution is 6.04.